The number of carbonyl (C=O) groups is 1. The molecule has 0 saturated carbocycles. The number of nitro groups is 1. The Hall–Kier alpha value is -1.63. The van der Waals surface area contributed by atoms with Crippen LogP contribution in [0.5, 0.6) is 0 Å². The van der Waals surface area contributed by atoms with Crippen LogP contribution in [0.2, 0.25) is 0 Å². The average Bonchev–Trinajstić information content (AvgIpc) is 2.73. The molecule has 0 radical (unpaired) electrons. The van der Waals surface area contributed by atoms with Gasteiger partial charge in [-0.05, 0) is 34.8 Å². The highest BCUT2D eigenvalue weighted by Crippen LogP contribution is 2.37. The maximum atomic E-state index is 11.2. The smallest absolute Gasteiger partial charge is 0.308 e. The van der Waals surface area contributed by atoms with Crippen LogP contribution < -0.4 is 4.90 Å². The maximum Gasteiger partial charge on any atom is 0.308 e. The van der Waals surface area contributed by atoms with Gasteiger partial charge in [-0.15, -0.1) is 0 Å². The first kappa shape index (κ1) is 14.8. The molecule has 0 aromatic heterocycles. The van der Waals surface area contributed by atoms with Crippen LogP contribution >= 0.6 is 15.9 Å². The second-order valence-corrected chi connectivity index (χ2v) is 6.03. The van der Waals surface area contributed by atoms with Crippen LogP contribution in [-0.2, 0) is 4.79 Å². The standard InChI is InChI=1S/C13H15BrN2O4/c1-7-3-12(10(14)4-11(7)16(19)20)15-5-8(2)9(6-15)13(17)18/h3-4,8-9H,5-6H2,1-2H3,(H,17,18). The van der Waals surface area contributed by atoms with Crippen molar-refractivity contribution in [3.63, 3.8) is 0 Å². The van der Waals surface area contributed by atoms with Gasteiger partial charge in [0.1, 0.15) is 0 Å². The number of nitro benzene ring substituents is 1. The van der Waals surface area contributed by atoms with Gasteiger partial charge in [0, 0.05) is 29.2 Å². The van der Waals surface area contributed by atoms with Crippen LogP contribution in [0, 0.1) is 28.9 Å². The van der Waals surface area contributed by atoms with Gasteiger partial charge in [0.15, 0.2) is 0 Å². The molecule has 20 heavy (non-hydrogen) atoms. The van der Waals surface area contributed by atoms with Crippen LogP contribution in [-0.4, -0.2) is 29.1 Å². The van der Waals surface area contributed by atoms with Gasteiger partial charge < -0.3 is 10.0 Å². The number of carboxylic acids is 1. The van der Waals surface area contributed by atoms with E-state index in [-0.39, 0.29) is 11.6 Å². The molecule has 1 aromatic carbocycles. The van der Waals surface area contributed by atoms with Crippen molar-refractivity contribution in [2.24, 2.45) is 11.8 Å². The first-order chi connectivity index (χ1) is 9.31. The van der Waals surface area contributed by atoms with Gasteiger partial charge in [0.05, 0.1) is 16.5 Å². The van der Waals surface area contributed by atoms with E-state index in [1.165, 1.54) is 6.07 Å². The molecule has 7 heteroatoms. The SMILES string of the molecule is Cc1cc(N2CC(C)C(C(=O)O)C2)c(Br)cc1[N+](=O)[O-]. The number of hydrogen-bond donors (Lipinski definition) is 1. The van der Waals surface area contributed by atoms with Gasteiger partial charge in [0.25, 0.3) is 5.69 Å². The van der Waals surface area contributed by atoms with E-state index in [0.29, 0.717) is 23.1 Å². The molecule has 2 atom stereocenters. The Labute approximate surface area is 124 Å². The van der Waals surface area contributed by atoms with Gasteiger partial charge in [-0.25, -0.2) is 0 Å². The first-order valence-corrected chi connectivity index (χ1v) is 7.03. The second-order valence-electron chi connectivity index (χ2n) is 5.17. The second kappa shape index (κ2) is 5.40. The van der Waals surface area contributed by atoms with Crippen molar-refractivity contribution < 1.29 is 14.8 Å². The van der Waals surface area contributed by atoms with Gasteiger partial charge in [0.2, 0.25) is 0 Å². The predicted molar refractivity (Wildman–Crippen MR) is 78.0 cm³/mol. The highest BCUT2D eigenvalue weighted by atomic mass is 79.9. The van der Waals surface area contributed by atoms with Gasteiger partial charge in [-0.2, -0.15) is 0 Å². The van der Waals surface area contributed by atoms with Crippen molar-refractivity contribution in [1.82, 2.24) is 0 Å². The molecule has 1 heterocycles. The molecule has 1 saturated heterocycles. The lowest BCUT2D eigenvalue weighted by Gasteiger charge is -2.20. The molecule has 0 aliphatic carbocycles. The Kier molecular flexibility index (Phi) is 3.99. The van der Waals surface area contributed by atoms with E-state index in [0.717, 1.165) is 5.69 Å². The molecule has 2 rings (SSSR count). The summed E-state index contributed by atoms with van der Waals surface area (Å²) in [5, 5.41) is 20.1. The zero-order valence-electron chi connectivity index (χ0n) is 11.2. The lowest BCUT2D eigenvalue weighted by Crippen LogP contribution is -2.23. The summed E-state index contributed by atoms with van der Waals surface area (Å²) in [5.74, 6) is -1.15. The summed E-state index contributed by atoms with van der Waals surface area (Å²) in [4.78, 5) is 23.6. The lowest BCUT2D eigenvalue weighted by molar-refractivity contribution is -0.385. The number of aryl methyl sites for hydroxylation is 1. The molecule has 1 N–H and O–H groups in total. The number of halogens is 1. The van der Waals surface area contributed by atoms with E-state index in [9.17, 15) is 14.9 Å². The summed E-state index contributed by atoms with van der Waals surface area (Å²) in [6.07, 6.45) is 0. The van der Waals surface area contributed by atoms with Crippen LogP contribution in [0.1, 0.15) is 12.5 Å². The summed E-state index contributed by atoms with van der Waals surface area (Å²) in [5.41, 5.74) is 1.44. The fourth-order valence-electron chi connectivity index (χ4n) is 2.58. The lowest BCUT2D eigenvalue weighted by atomic mass is 9.99. The molecule has 1 aromatic rings. The van der Waals surface area contributed by atoms with Crippen molar-refractivity contribution in [3.05, 3.63) is 32.3 Å². The normalized spacial score (nSPS) is 22.1. The van der Waals surface area contributed by atoms with Crippen LogP contribution in [0.15, 0.2) is 16.6 Å². The van der Waals surface area contributed by atoms with Gasteiger partial charge in [-0.1, -0.05) is 6.92 Å². The summed E-state index contributed by atoms with van der Waals surface area (Å²) in [6, 6.07) is 3.21. The van der Waals surface area contributed by atoms with E-state index in [1.54, 1.807) is 13.0 Å². The van der Waals surface area contributed by atoms with Crippen LogP contribution in [0.4, 0.5) is 11.4 Å². The molecule has 0 amide bonds. The Bertz CT molecular complexity index is 576. The minimum Gasteiger partial charge on any atom is -0.481 e. The third-order valence-electron chi connectivity index (χ3n) is 3.73. The third kappa shape index (κ3) is 2.63. The third-order valence-corrected chi connectivity index (χ3v) is 4.37. The molecule has 0 bridgehead atoms. The molecule has 1 aliphatic rings. The number of hydrogen-bond acceptors (Lipinski definition) is 4. The molecule has 1 aliphatic heterocycles. The largest absolute Gasteiger partial charge is 0.481 e. The predicted octanol–water partition coefficient (Wildman–Crippen LogP) is 2.82. The molecule has 108 valence electrons. The van der Waals surface area contributed by atoms with E-state index in [2.05, 4.69) is 15.9 Å². The molecular formula is C13H15BrN2O4. The summed E-state index contributed by atoms with van der Waals surface area (Å²) < 4.78 is 0.619. The fraction of sp³-hybridized carbons (Fsp3) is 0.462. The average molecular weight is 343 g/mol. The van der Waals surface area contributed by atoms with E-state index in [4.69, 9.17) is 5.11 Å². The van der Waals surface area contributed by atoms with Gasteiger partial charge >= 0.3 is 5.97 Å². The quantitative estimate of drug-likeness (QED) is 0.674. The summed E-state index contributed by atoms with van der Waals surface area (Å²) in [7, 11) is 0. The maximum absolute atomic E-state index is 11.2. The fourth-order valence-corrected chi connectivity index (χ4v) is 3.16. The number of carboxylic acid groups (broad SMARTS) is 1. The Balaban J connectivity index is 2.33. The number of rotatable bonds is 3. The minimum absolute atomic E-state index is 0.0508. The van der Waals surface area contributed by atoms with E-state index < -0.39 is 16.8 Å². The zero-order chi connectivity index (χ0) is 15.0. The van der Waals surface area contributed by atoms with Crippen molar-refractivity contribution in [2.45, 2.75) is 13.8 Å². The Morgan fingerprint density at radius 3 is 2.65 bits per heavy atom. The Morgan fingerprint density at radius 1 is 1.50 bits per heavy atom. The van der Waals surface area contributed by atoms with Crippen molar-refractivity contribution in [2.75, 3.05) is 18.0 Å². The highest BCUT2D eigenvalue weighted by Gasteiger charge is 2.35. The minimum atomic E-state index is -0.797. The number of nitrogens with zero attached hydrogens (tertiary/aromatic N) is 2. The summed E-state index contributed by atoms with van der Waals surface area (Å²) in [6.45, 7) is 4.65. The molecular weight excluding hydrogens is 328 g/mol. The number of benzene rings is 1. The number of anilines is 1. The topological polar surface area (TPSA) is 83.7 Å². The Morgan fingerprint density at radius 2 is 2.15 bits per heavy atom. The van der Waals surface area contributed by atoms with Gasteiger partial charge in [-0.3, -0.25) is 14.9 Å². The molecule has 2 unspecified atom stereocenters. The molecule has 6 nitrogen and oxygen atoms in total. The first-order valence-electron chi connectivity index (χ1n) is 6.23. The van der Waals surface area contributed by atoms with Crippen molar-refractivity contribution >= 4 is 33.3 Å². The van der Waals surface area contributed by atoms with E-state index in [1.807, 2.05) is 11.8 Å². The monoisotopic (exact) mass is 342 g/mol. The number of aliphatic carboxylic acids is 1. The molecule has 1 fully saturated rings. The highest BCUT2D eigenvalue weighted by molar-refractivity contribution is 9.10. The van der Waals surface area contributed by atoms with Crippen LogP contribution in [0.25, 0.3) is 0 Å². The van der Waals surface area contributed by atoms with Crippen molar-refractivity contribution in [3.8, 4) is 0 Å². The molecule has 0 spiro atoms. The van der Waals surface area contributed by atoms with E-state index >= 15 is 0 Å². The summed E-state index contributed by atoms with van der Waals surface area (Å²) >= 11 is 3.34. The zero-order valence-corrected chi connectivity index (χ0v) is 12.8. The van der Waals surface area contributed by atoms with Crippen molar-refractivity contribution in [1.29, 1.82) is 0 Å². The van der Waals surface area contributed by atoms with Crippen LogP contribution in [0.3, 0.4) is 0 Å².